The Kier molecular flexibility index (Phi) is 3.92. The maximum atomic E-state index is 13.8. The van der Waals surface area contributed by atoms with Gasteiger partial charge in [0.2, 0.25) is 0 Å². The molecule has 3 rings (SSSR count). The molecule has 1 fully saturated rings. The van der Waals surface area contributed by atoms with Gasteiger partial charge in [-0.3, -0.25) is 9.69 Å². The standard InChI is InChI=1S/C17H12F2N2OS/c1-10-5-2-3-8-14(10)21-16(22)13(20-17(21)23)9-11-6-4-7-12(18)15(11)19/h2-9H,1H3,(H,20,23)/b13-9-. The molecule has 1 amide bonds. The van der Waals surface area contributed by atoms with Crippen LogP contribution < -0.4 is 10.2 Å². The minimum absolute atomic E-state index is 0.0183. The van der Waals surface area contributed by atoms with E-state index in [4.69, 9.17) is 12.2 Å². The van der Waals surface area contributed by atoms with Crippen LogP contribution in [0.5, 0.6) is 0 Å². The van der Waals surface area contributed by atoms with E-state index in [0.717, 1.165) is 11.6 Å². The van der Waals surface area contributed by atoms with Crippen LogP contribution in [0, 0.1) is 18.6 Å². The normalized spacial score (nSPS) is 16.1. The zero-order chi connectivity index (χ0) is 16.6. The lowest BCUT2D eigenvalue weighted by molar-refractivity contribution is -0.113. The number of hydrogen-bond donors (Lipinski definition) is 1. The van der Waals surface area contributed by atoms with Crippen molar-refractivity contribution in [2.45, 2.75) is 6.92 Å². The lowest BCUT2D eigenvalue weighted by Gasteiger charge is -2.16. The molecule has 6 heteroatoms. The molecule has 23 heavy (non-hydrogen) atoms. The number of hydrogen-bond acceptors (Lipinski definition) is 2. The number of nitrogens with zero attached hydrogens (tertiary/aromatic N) is 1. The van der Waals surface area contributed by atoms with Crippen LogP contribution in [0.2, 0.25) is 0 Å². The van der Waals surface area contributed by atoms with Crippen LogP contribution in [0.3, 0.4) is 0 Å². The minimum atomic E-state index is -1.00. The molecule has 2 aromatic rings. The van der Waals surface area contributed by atoms with E-state index in [2.05, 4.69) is 5.32 Å². The third-order valence-corrected chi connectivity index (χ3v) is 3.80. The zero-order valence-corrected chi connectivity index (χ0v) is 13.0. The summed E-state index contributed by atoms with van der Waals surface area (Å²) in [6.45, 7) is 1.86. The zero-order valence-electron chi connectivity index (χ0n) is 12.1. The molecular formula is C17H12F2N2OS. The quantitative estimate of drug-likeness (QED) is 0.675. The average molecular weight is 330 g/mol. The summed E-state index contributed by atoms with van der Waals surface area (Å²) in [5.74, 6) is -2.38. The molecule has 0 unspecified atom stereocenters. The van der Waals surface area contributed by atoms with E-state index in [1.165, 1.54) is 23.1 Å². The van der Waals surface area contributed by atoms with E-state index in [1.54, 1.807) is 12.1 Å². The average Bonchev–Trinajstić information content (AvgIpc) is 2.79. The Morgan fingerprint density at radius 3 is 2.61 bits per heavy atom. The highest BCUT2D eigenvalue weighted by Crippen LogP contribution is 2.26. The second kappa shape index (κ2) is 5.89. The lowest BCUT2D eigenvalue weighted by Crippen LogP contribution is -2.30. The van der Waals surface area contributed by atoms with Crippen molar-refractivity contribution in [1.82, 2.24) is 5.32 Å². The predicted octanol–water partition coefficient (Wildman–Crippen LogP) is 3.54. The van der Waals surface area contributed by atoms with Gasteiger partial charge >= 0.3 is 0 Å². The van der Waals surface area contributed by atoms with Crippen molar-refractivity contribution in [3.05, 3.63) is 70.9 Å². The summed E-state index contributed by atoms with van der Waals surface area (Å²) in [5, 5.41) is 2.96. The van der Waals surface area contributed by atoms with E-state index < -0.39 is 17.5 Å². The van der Waals surface area contributed by atoms with Gasteiger partial charge in [0.25, 0.3) is 5.91 Å². The Morgan fingerprint density at radius 1 is 1.13 bits per heavy atom. The molecule has 1 aliphatic heterocycles. The van der Waals surface area contributed by atoms with E-state index in [0.29, 0.717) is 5.69 Å². The van der Waals surface area contributed by atoms with Crippen LogP contribution in [0.1, 0.15) is 11.1 Å². The van der Waals surface area contributed by atoms with E-state index in [9.17, 15) is 13.6 Å². The fraction of sp³-hybridized carbons (Fsp3) is 0.0588. The number of carbonyl (C=O) groups is 1. The summed E-state index contributed by atoms with van der Waals surface area (Å²) in [6, 6.07) is 11.1. The summed E-state index contributed by atoms with van der Waals surface area (Å²) in [4.78, 5) is 13.9. The highest BCUT2D eigenvalue weighted by atomic mass is 32.1. The molecular weight excluding hydrogens is 318 g/mol. The van der Waals surface area contributed by atoms with Crippen LogP contribution in [0.25, 0.3) is 6.08 Å². The Balaban J connectivity index is 2.00. The molecule has 1 saturated heterocycles. The van der Waals surface area contributed by atoms with Gasteiger partial charge in [-0.1, -0.05) is 30.3 Å². The highest BCUT2D eigenvalue weighted by Gasteiger charge is 2.32. The minimum Gasteiger partial charge on any atom is -0.327 e. The number of aryl methyl sites for hydroxylation is 1. The SMILES string of the molecule is Cc1ccccc1N1C(=O)/C(=C/c2cccc(F)c2F)NC1=S. The van der Waals surface area contributed by atoms with Gasteiger partial charge in [0, 0.05) is 5.56 Å². The van der Waals surface area contributed by atoms with Gasteiger partial charge in [0.1, 0.15) is 5.70 Å². The van der Waals surface area contributed by atoms with Crippen molar-refractivity contribution < 1.29 is 13.6 Å². The predicted molar refractivity (Wildman–Crippen MR) is 88.7 cm³/mol. The fourth-order valence-electron chi connectivity index (χ4n) is 2.36. The summed E-state index contributed by atoms with van der Waals surface area (Å²) < 4.78 is 27.0. The third-order valence-electron chi connectivity index (χ3n) is 3.52. The lowest BCUT2D eigenvalue weighted by atomic mass is 10.1. The van der Waals surface area contributed by atoms with Gasteiger partial charge in [-0.05, 0) is 42.9 Å². The van der Waals surface area contributed by atoms with E-state index >= 15 is 0 Å². The molecule has 1 heterocycles. The van der Waals surface area contributed by atoms with Gasteiger partial charge < -0.3 is 5.32 Å². The Morgan fingerprint density at radius 2 is 1.87 bits per heavy atom. The van der Waals surface area contributed by atoms with E-state index in [1.807, 2.05) is 19.1 Å². The van der Waals surface area contributed by atoms with Crippen LogP contribution in [-0.2, 0) is 4.79 Å². The topological polar surface area (TPSA) is 32.3 Å². The number of para-hydroxylation sites is 1. The number of halogens is 2. The summed E-state index contributed by atoms with van der Waals surface area (Å²) in [5.41, 5.74) is 1.61. The van der Waals surface area contributed by atoms with Crippen LogP contribution in [0.15, 0.2) is 48.2 Å². The Hall–Kier alpha value is -2.60. The second-order valence-corrected chi connectivity index (χ2v) is 5.44. The Labute approximate surface area is 137 Å². The monoisotopic (exact) mass is 330 g/mol. The molecule has 0 aromatic heterocycles. The first-order chi connectivity index (χ1) is 11.0. The Bertz CT molecular complexity index is 848. The second-order valence-electron chi connectivity index (χ2n) is 5.06. The molecule has 0 radical (unpaired) electrons. The summed E-state index contributed by atoms with van der Waals surface area (Å²) >= 11 is 5.20. The molecule has 0 saturated carbocycles. The fourth-order valence-corrected chi connectivity index (χ4v) is 2.65. The van der Waals surface area contributed by atoms with Crippen LogP contribution in [-0.4, -0.2) is 11.0 Å². The number of amides is 1. The molecule has 0 bridgehead atoms. The van der Waals surface area contributed by atoms with Gasteiger partial charge in [0.15, 0.2) is 16.7 Å². The van der Waals surface area contributed by atoms with Gasteiger partial charge in [0.05, 0.1) is 5.69 Å². The number of benzene rings is 2. The summed E-state index contributed by atoms with van der Waals surface area (Å²) in [6.07, 6.45) is 1.26. The van der Waals surface area contributed by atoms with Gasteiger partial charge in [-0.25, -0.2) is 8.78 Å². The van der Waals surface area contributed by atoms with Crippen molar-refractivity contribution in [2.75, 3.05) is 4.90 Å². The molecule has 0 aliphatic carbocycles. The first-order valence-electron chi connectivity index (χ1n) is 6.86. The van der Waals surface area contributed by atoms with Crippen molar-refractivity contribution in [2.24, 2.45) is 0 Å². The molecule has 2 aromatic carbocycles. The molecule has 3 nitrogen and oxygen atoms in total. The number of rotatable bonds is 2. The van der Waals surface area contributed by atoms with Crippen molar-refractivity contribution in [3.63, 3.8) is 0 Å². The smallest absolute Gasteiger partial charge is 0.281 e. The highest BCUT2D eigenvalue weighted by molar-refractivity contribution is 7.80. The van der Waals surface area contributed by atoms with Crippen LogP contribution in [0.4, 0.5) is 14.5 Å². The first kappa shape index (κ1) is 15.3. The maximum Gasteiger partial charge on any atom is 0.281 e. The van der Waals surface area contributed by atoms with Crippen molar-refractivity contribution in [3.8, 4) is 0 Å². The molecule has 1 aliphatic rings. The molecule has 0 spiro atoms. The maximum absolute atomic E-state index is 13.8. The summed E-state index contributed by atoms with van der Waals surface area (Å²) in [7, 11) is 0. The van der Waals surface area contributed by atoms with Gasteiger partial charge in [-0.15, -0.1) is 0 Å². The van der Waals surface area contributed by atoms with Crippen LogP contribution >= 0.6 is 12.2 Å². The number of thiocarbonyl (C=S) groups is 1. The molecule has 0 atom stereocenters. The van der Waals surface area contributed by atoms with Gasteiger partial charge in [-0.2, -0.15) is 0 Å². The molecule has 116 valence electrons. The number of nitrogens with one attached hydrogen (secondary N) is 1. The van der Waals surface area contributed by atoms with E-state index in [-0.39, 0.29) is 16.4 Å². The molecule has 1 N–H and O–H groups in total. The first-order valence-corrected chi connectivity index (χ1v) is 7.26. The third kappa shape index (κ3) is 2.73. The number of anilines is 1. The number of carbonyl (C=O) groups excluding carboxylic acids is 1. The largest absolute Gasteiger partial charge is 0.327 e. The van der Waals surface area contributed by atoms with Crippen molar-refractivity contribution in [1.29, 1.82) is 0 Å². The van der Waals surface area contributed by atoms with Crippen molar-refractivity contribution >= 4 is 35.0 Å².